The quantitative estimate of drug-likeness (QED) is 0.826. The summed E-state index contributed by atoms with van der Waals surface area (Å²) in [5, 5.41) is 3.97. The molecule has 0 saturated heterocycles. The van der Waals surface area contributed by atoms with E-state index in [1.54, 1.807) is 0 Å². The molecule has 0 radical (unpaired) electrons. The Bertz CT molecular complexity index is 778. The Balaban J connectivity index is 1.76. The van der Waals surface area contributed by atoms with Gasteiger partial charge in [0.1, 0.15) is 5.82 Å². The lowest BCUT2D eigenvalue weighted by molar-refractivity contribution is -0.0475. The molecule has 0 spiro atoms. The van der Waals surface area contributed by atoms with Gasteiger partial charge in [-0.2, -0.15) is 0 Å². The van der Waals surface area contributed by atoms with Crippen LogP contribution in [0.3, 0.4) is 0 Å². The molecule has 1 fully saturated rings. The monoisotopic (exact) mass is 360 g/mol. The minimum absolute atomic E-state index is 0.0239. The van der Waals surface area contributed by atoms with Crippen LogP contribution in [-0.2, 0) is 13.0 Å². The van der Waals surface area contributed by atoms with Crippen LogP contribution in [0.25, 0.3) is 0 Å². The maximum Gasteiger partial charge on any atom is 0.441 e. The summed E-state index contributed by atoms with van der Waals surface area (Å²) < 4.78 is 45.6. The summed E-state index contributed by atoms with van der Waals surface area (Å²) in [5.41, 5.74) is 0.607. The predicted octanol–water partition coefficient (Wildman–Crippen LogP) is 4.05. The van der Waals surface area contributed by atoms with E-state index in [0.29, 0.717) is 24.2 Å². The van der Waals surface area contributed by atoms with Crippen molar-refractivity contribution in [1.82, 2.24) is 9.72 Å². The van der Waals surface area contributed by atoms with Gasteiger partial charge in [0, 0.05) is 30.8 Å². The standard InChI is InChI=1S/C16H16ClF3N2O2/c17-13-8-12(18)2-1-11(13)7-14-21-24-15(23)22(14)9-10-3-5-16(19,20)6-4-10/h1-2,8,10H,3-7,9H2. The zero-order chi connectivity index (χ0) is 17.3. The summed E-state index contributed by atoms with van der Waals surface area (Å²) in [6, 6.07) is 3.97. The Morgan fingerprint density at radius 2 is 2.04 bits per heavy atom. The van der Waals surface area contributed by atoms with Crippen LogP contribution in [0.5, 0.6) is 0 Å². The smallest absolute Gasteiger partial charge is 0.296 e. The molecule has 1 saturated carbocycles. The largest absolute Gasteiger partial charge is 0.441 e. The molecular formula is C16H16ClF3N2O2. The normalized spacial score (nSPS) is 18.0. The SMILES string of the molecule is O=c1onc(Cc2ccc(F)cc2Cl)n1CC1CCC(F)(F)CC1. The second-order valence-corrected chi connectivity index (χ2v) is 6.59. The molecule has 3 rings (SSSR count). The fraction of sp³-hybridized carbons (Fsp3) is 0.500. The summed E-state index contributed by atoms with van der Waals surface area (Å²) in [6.07, 6.45) is 0.560. The molecule has 1 aromatic heterocycles. The number of hydrogen-bond acceptors (Lipinski definition) is 3. The highest BCUT2D eigenvalue weighted by Gasteiger charge is 2.35. The molecule has 2 aromatic rings. The van der Waals surface area contributed by atoms with Crippen LogP contribution in [-0.4, -0.2) is 15.6 Å². The van der Waals surface area contributed by atoms with Crippen LogP contribution in [0.4, 0.5) is 13.2 Å². The van der Waals surface area contributed by atoms with E-state index in [9.17, 15) is 18.0 Å². The lowest BCUT2D eigenvalue weighted by Crippen LogP contribution is -2.29. The van der Waals surface area contributed by atoms with Gasteiger partial charge >= 0.3 is 5.76 Å². The lowest BCUT2D eigenvalue weighted by atomic mass is 9.86. The van der Waals surface area contributed by atoms with E-state index in [2.05, 4.69) is 5.16 Å². The average molecular weight is 361 g/mol. The number of alkyl halides is 2. The molecule has 0 aliphatic heterocycles. The third-order valence-corrected chi connectivity index (χ3v) is 4.75. The van der Waals surface area contributed by atoms with E-state index >= 15 is 0 Å². The van der Waals surface area contributed by atoms with Crippen LogP contribution in [0, 0.1) is 11.7 Å². The van der Waals surface area contributed by atoms with Gasteiger partial charge in [0.2, 0.25) is 5.92 Å². The van der Waals surface area contributed by atoms with Crippen molar-refractivity contribution in [2.75, 3.05) is 0 Å². The number of rotatable bonds is 4. The maximum absolute atomic E-state index is 13.2. The maximum atomic E-state index is 13.2. The first-order valence-corrected chi connectivity index (χ1v) is 8.09. The Hall–Kier alpha value is -1.76. The van der Waals surface area contributed by atoms with Crippen LogP contribution >= 0.6 is 11.6 Å². The van der Waals surface area contributed by atoms with Gasteiger partial charge in [-0.1, -0.05) is 22.8 Å². The van der Waals surface area contributed by atoms with Gasteiger partial charge in [-0.05, 0) is 36.5 Å². The van der Waals surface area contributed by atoms with Crippen molar-refractivity contribution in [3.63, 3.8) is 0 Å². The van der Waals surface area contributed by atoms with Gasteiger partial charge in [0.05, 0.1) is 0 Å². The summed E-state index contributed by atoms with van der Waals surface area (Å²) in [4.78, 5) is 11.9. The van der Waals surface area contributed by atoms with Crippen molar-refractivity contribution in [3.8, 4) is 0 Å². The highest BCUT2D eigenvalue weighted by atomic mass is 35.5. The zero-order valence-electron chi connectivity index (χ0n) is 12.8. The molecule has 0 N–H and O–H groups in total. The second kappa shape index (κ2) is 6.63. The first-order valence-electron chi connectivity index (χ1n) is 7.71. The molecule has 0 bridgehead atoms. The average Bonchev–Trinajstić information content (AvgIpc) is 2.85. The summed E-state index contributed by atoms with van der Waals surface area (Å²) in [6.45, 7) is 0.284. The molecule has 0 atom stereocenters. The first kappa shape index (κ1) is 17.1. The van der Waals surface area contributed by atoms with Gasteiger partial charge < -0.3 is 0 Å². The van der Waals surface area contributed by atoms with Gasteiger partial charge in [-0.3, -0.25) is 9.09 Å². The lowest BCUT2D eigenvalue weighted by Gasteiger charge is -2.28. The molecule has 24 heavy (non-hydrogen) atoms. The van der Waals surface area contributed by atoms with Crippen molar-refractivity contribution in [1.29, 1.82) is 0 Å². The highest BCUT2D eigenvalue weighted by molar-refractivity contribution is 6.31. The van der Waals surface area contributed by atoms with Crippen molar-refractivity contribution < 1.29 is 17.7 Å². The molecule has 0 unspecified atom stereocenters. The van der Waals surface area contributed by atoms with E-state index in [0.717, 1.165) is 0 Å². The Morgan fingerprint density at radius 3 is 2.71 bits per heavy atom. The third-order valence-electron chi connectivity index (χ3n) is 4.40. The Kier molecular flexibility index (Phi) is 4.71. The number of nitrogens with zero attached hydrogens (tertiary/aromatic N) is 2. The van der Waals surface area contributed by atoms with E-state index in [4.69, 9.17) is 16.1 Å². The van der Waals surface area contributed by atoms with Gasteiger partial charge in [0.15, 0.2) is 5.82 Å². The molecule has 8 heteroatoms. The number of hydrogen-bond donors (Lipinski definition) is 0. The minimum atomic E-state index is -2.61. The van der Waals surface area contributed by atoms with Crippen LogP contribution in [0.15, 0.2) is 27.5 Å². The molecule has 1 aliphatic carbocycles. The summed E-state index contributed by atoms with van der Waals surface area (Å²) >= 11 is 5.99. The molecule has 4 nitrogen and oxygen atoms in total. The second-order valence-electron chi connectivity index (χ2n) is 6.19. The predicted molar refractivity (Wildman–Crippen MR) is 81.9 cm³/mol. The fourth-order valence-corrected chi connectivity index (χ4v) is 3.21. The van der Waals surface area contributed by atoms with Gasteiger partial charge in [-0.25, -0.2) is 18.0 Å². The Morgan fingerprint density at radius 1 is 1.33 bits per heavy atom. The number of benzene rings is 1. The molecule has 1 aromatic carbocycles. The van der Waals surface area contributed by atoms with Gasteiger partial charge in [-0.15, -0.1) is 0 Å². The highest BCUT2D eigenvalue weighted by Crippen LogP contribution is 2.36. The van der Waals surface area contributed by atoms with E-state index in [1.165, 1.54) is 22.8 Å². The third kappa shape index (κ3) is 3.83. The van der Waals surface area contributed by atoms with Crippen molar-refractivity contribution >= 4 is 11.6 Å². The van der Waals surface area contributed by atoms with E-state index in [1.807, 2.05) is 0 Å². The molecule has 1 aliphatic rings. The van der Waals surface area contributed by atoms with Crippen LogP contribution < -0.4 is 5.76 Å². The molecular weight excluding hydrogens is 345 g/mol. The zero-order valence-corrected chi connectivity index (χ0v) is 13.5. The van der Waals surface area contributed by atoms with Gasteiger partial charge in [0.25, 0.3) is 0 Å². The van der Waals surface area contributed by atoms with Crippen LogP contribution in [0.2, 0.25) is 5.02 Å². The van der Waals surface area contributed by atoms with Crippen LogP contribution in [0.1, 0.15) is 37.1 Å². The minimum Gasteiger partial charge on any atom is -0.296 e. The van der Waals surface area contributed by atoms with E-state index in [-0.39, 0.29) is 36.7 Å². The molecule has 0 amide bonds. The first-order chi connectivity index (χ1) is 11.3. The van der Waals surface area contributed by atoms with Crippen molar-refractivity contribution in [2.24, 2.45) is 5.92 Å². The van der Waals surface area contributed by atoms with Crippen molar-refractivity contribution in [3.05, 3.63) is 51.0 Å². The summed E-state index contributed by atoms with van der Waals surface area (Å²) in [7, 11) is 0. The molecule has 1 heterocycles. The van der Waals surface area contributed by atoms with E-state index < -0.39 is 17.5 Å². The Labute approximate surface area is 141 Å². The topological polar surface area (TPSA) is 48.0 Å². The fourth-order valence-electron chi connectivity index (χ4n) is 2.98. The molecule has 130 valence electrons. The van der Waals surface area contributed by atoms with Crippen molar-refractivity contribution in [2.45, 2.75) is 44.6 Å². The summed E-state index contributed by atoms with van der Waals surface area (Å²) in [5.74, 6) is -3.36. The number of aromatic nitrogens is 2. The number of halogens is 4.